The second-order valence-electron chi connectivity index (χ2n) is 8.67. The van der Waals surface area contributed by atoms with Gasteiger partial charge in [0.1, 0.15) is 0 Å². The van der Waals surface area contributed by atoms with E-state index < -0.39 is 0 Å². The predicted molar refractivity (Wildman–Crippen MR) is 95.9 cm³/mol. The summed E-state index contributed by atoms with van der Waals surface area (Å²) in [6, 6.07) is 8.74. The van der Waals surface area contributed by atoms with Gasteiger partial charge in [-0.2, -0.15) is 0 Å². The molecule has 3 rings (SSSR count). The van der Waals surface area contributed by atoms with E-state index in [1.54, 1.807) is 0 Å². The second-order valence-corrected chi connectivity index (χ2v) is 8.67. The molecule has 0 atom stereocenters. The number of rotatable bonds is 3. The first-order valence-corrected chi connectivity index (χ1v) is 8.80. The van der Waals surface area contributed by atoms with Crippen LogP contribution in [0.4, 0.5) is 0 Å². The van der Waals surface area contributed by atoms with Crippen molar-refractivity contribution >= 4 is 12.6 Å². The van der Waals surface area contributed by atoms with Crippen LogP contribution in [0.5, 0.6) is 0 Å². The van der Waals surface area contributed by atoms with Gasteiger partial charge in [-0.15, -0.1) is 0 Å². The molecule has 1 aromatic rings. The molecule has 0 unspecified atom stereocenters. The Kier molecular flexibility index (Phi) is 4.15. The van der Waals surface area contributed by atoms with Gasteiger partial charge in [-0.1, -0.05) is 24.3 Å². The second kappa shape index (κ2) is 5.61. The lowest BCUT2D eigenvalue weighted by Crippen LogP contribution is -2.41. The molecule has 0 amide bonds. The van der Waals surface area contributed by atoms with Gasteiger partial charge in [0.25, 0.3) is 0 Å². The summed E-state index contributed by atoms with van der Waals surface area (Å²) in [5.74, 6) is 0. The van der Waals surface area contributed by atoms with Crippen molar-refractivity contribution in [2.75, 3.05) is 6.54 Å². The van der Waals surface area contributed by atoms with Crippen LogP contribution in [0.3, 0.4) is 0 Å². The van der Waals surface area contributed by atoms with Gasteiger partial charge in [0.05, 0.1) is 11.2 Å². The zero-order chi connectivity index (χ0) is 16.9. The lowest BCUT2D eigenvalue weighted by molar-refractivity contribution is 0.00578. The van der Waals surface area contributed by atoms with E-state index in [9.17, 15) is 0 Å². The van der Waals surface area contributed by atoms with Crippen molar-refractivity contribution in [2.24, 2.45) is 0 Å². The molecule has 0 spiro atoms. The zero-order valence-corrected chi connectivity index (χ0v) is 15.5. The molecular weight excluding hydrogens is 285 g/mol. The molecule has 23 heavy (non-hydrogen) atoms. The summed E-state index contributed by atoms with van der Waals surface area (Å²) in [5, 5.41) is 0. The molecule has 0 N–H and O–H groups in total. The van der Waals surface area contributed by atoms with E-state index in [0.717, 1.165) is 12.0 Å². The van der Waals surface area contributed by atoms with Crippen molar-refractivity contribution < 1.29 is 9.31 Å². The normalized spacial score (nSPS) is 25.9. The molecule has 0 bridgehead atoms. The topological polar surface area (TPSA) is 21.7 Å². The van der Waals surface area contributed by atoms with E-state index >= 15 is 0 Å². The fourth-order valence-corrected chi connectivity index (χ4v) is 3.44. The standard InChI is InChI=1S/C19H30BNO2/c1-17(2)12-7-13-21(17)14-15-8-10-16(11-9-15)20-22-18(3,4)19(5,6)23-20/h8-11H,7,12-14H2,1-6H3. The Bertz CT molecular complexity index is 549. The molecule has 2 saturated heterocycles. The highest BCUT2D eigenvalue weighted by atomic mass is 16.7. The summed E-state index contributed by atoms with van der Waals surface area (Å²) in [7, 11) is -0.266. The lowest BCUT2D eigenvalue weighted by atomic mass is 9.79. The van der Waals surface area contributed by atoms with Gasteiger partial charge in [0, 0.05) is 12.1 Å². The van der Waals surface area contributed by atoms with Crippen molar-refractivity contribution in [1.29, 1.82) is 0 Å². The van der Waals surface area contributed by atoms with E-state index in [1.165, 1.54) is 24.9 Å². The van der Waals surface area contributed by atoms with Crippen molar-refractivity contribution in [3.05, 3.63) is 29.8 Å². The Hall–Kier alpha value is -0.835. The van der Waals surface area contributed by atoms with Crippen molar-refractivity contribution in [3.63, 3.8) is 0 Å². The van der Waals surface area contributed by atoms with Gasteiger partial charge >= 0.3 is 7.12 Å². The van der Waals surface area contributed by atoms with E-state index in [1.807, 2.05) is 0 Å². The smallest absolute Gasteiger partial charge is 0.399 e. The van der Waals surface area contributed by atoms with Crippen LogP contribution in [0, 0.1) is 0 Å². The van der Waals surface area contributed by atoms with Crippen LogP contribution in [0.1, 0.15) is 59.9 Å². The molecule has 0 aliphatic carbocycles. The third-order valence-electron chi connectivity index (χ3n) is 5.95. The molecule has 2 heterocycles. The first kappa shape index (κ1) is 17.0. The Morgan fingerprint density at radius 1 is 0.957 bits per heavy atom. The van der Waals surface area contributed by atoms with E-state index in [-0.39, 0.29) is 18.3 Å². The van der Waals surface area contributed by atoms with Crippen LogP contribution in [-0.4, -0.2) is 35.3 Å². The predicted octanol–water partition coefficient (Wildman–Crippen LogP) is 3.36. The average molecular weight is 315 g/mol. The van der Waals surface area contributed by atoms with Gasteiger partial charge in [-0.3, -0.25) is 4.90 Å². The molecule has 1 aromatic carbocycles. The maximum Gasteiger partial charge on any atom is 0.494 e. The summed E-state index contributed by atoms with van der Waals surface area (Å²) in [6.45, 7) is 15.3. The minimum atomic E-state index is -0.282. The quantitative estimate of drug-likeness (QED) is 0.799. The van der Waals surface area contributed by atoms with Crippen LogP contribution in [0.25, 0.3) is 0 Å². The summed E-state index contributed by atoms with van der Waals surface area (Å²) in [4.78, 5) is 2.58. The van der Waals surface area contributed by atoms with E-state index in [4.69, 9.17) is 9.31 Å². The Morgan fingerprint density at radius 3 is 2.00 bits per heavy atom. The van der Waals surface area contributed by atoms with Gasteiger partial charge < -0.3 is 9.31 Å². The minimum Gasteiger partial charge on any atom is -0.399 e. The Labute approximate surface area is 141 Å². The average Bonchev–Trinajstić information content (AvgIpc) is 2.87. The monoisotopic (exact) mass is 315 g/mol. The summed E-state index contributed by atoms with van der Waals surface area (Å²) in [5.41, 5.74) is 2.23. The molecular formula is C19H30BNO2. The van der Waals surface area contributed by atoms with Crippen LogP contribution in [0.15, 0.2) is 24.3 Å². The number of hydrogen-bond acceptors (Lipinski definition) is 3. The zero-order valence-electron chi connectivity index (χ0n) is 15.5. The fourth-order valence-electron chi connectivity index (χ4n) is 3.44. The Balaban J connectivity index is 1.69. The highest BCUT2D eigenvalue weighted by molar-refractivity contribution is 6.62. The molecule has 0 saturated carbocycles. The van der Waals surface area contributed by atoms with E-state index in [0.29, 0.717) is 5.54 Å². The maximum atomic E-state index is 6.12. The largest absolute Gasteiger partial charge is 0.494 e. The molecule has 0 aromatic heterocycles. The molecule has 2 aliphatic heterocycles. The first-order valence-electron chi connectivity index (χ1n) is 8.80. The van der Waals surface area contributed by atoms with Crippen LogP contribution >= 0.6 is 0 Å². The van der Waals surface area contributed by atoms with Crippen molar-refractivity contribution in [2.45, 2.75) is 77.7 Å². The molecule has 3 nitrogen and oxygen atoms in total. The number of likely N-dealkylation sites (tertiary alicyclic amines) is 1. The van der Waals surface area contributed by atoms with Crippen molar-refractivity contribution in [1.82, 2.24) is 4.90 Å². The summed E-state index contributed by atoms with van der Waals surface area (Å²) in [6.07, 6.45) is 2.60. The van der Waals surface area contributed by atoms with Gasteiger partial charge in [0.2, 0.25) is 0 Å². The SMILES string of the molecule is CC1(C)CCCN1Cc1ccc(B2OC(C)(C)C(C)(C)O2)cc1. The molecule has 2 aliphatic rings. The highest BCUT2D eigenvalue weighted by Crippen LogP contribution is 2.36. The van der Waals surface area contributed by atoms with Crippen LogP contribution < -0.4 is 5.46 Å². The number of hydrogen-bond donors (Lipinski definition) is 0. The van der Waals surface area contributed by atoms with Gasteiger partial charge in [-0.25, -0.2) is 0 Å². The maximum absolute atomic E-state index is 6.12. The van der Waals surface area contributed by atoms with Gasteiger partial charge in [-0.05, 0) is 72.0 Å². The lowest BCUT2D eigenvalue weighted by Gasteiger charge is -2.32. The third-order valence-corrected chi connectivity index (χ3v) is 5.95. The molecule has 4 heteroatoms. The molecule has 126 valence electrons. The highest BCUT2D eigenvalue weighted by Gasteiger charge is 2.51. The van der Waals surface area contributed by atoms with Crippen molar-refractivity contribution in [3.8, 4) is 0 Å². The summed E-state index contributed by atoms with van der Waals surface area (Å²) >= 11 is 0. The third kappa shape index (κ3) is 3.22. The molecule has 0 radical (unpaired) electrons. The first-order chi connectivity index (χ1) is 10.6. The van der Waals surface area contributed by atoms with E-state index in [2.05, 4.69) is 70.7 Å². The van der Waals surface area contributed by atoms with Crippen LogP contribution in [-0.2, 0) is 15.9 Å². The number of nitrogens with zero attached hydrogens (tertiary/aromatic N) is 1. The van der Waals surface area contributed by atoms with Crippen LogP contribution in [0.2, 0.25) is 0 Å². The number of benzene rings is 1. The van der Waals surface area contributed by atoms with Gasteiger partial charge in [0.15, 0.2) is 0 Å². The molecule has 2 fully saturated rings. The fraction of sp³-hybridized carbons (Fsp3) is 0.684. The Morgan fingerprint density at radius 2 is 1.52 bits per heavy atom. The minimum absolute atomic E-state index is 0.266. The summed E-state index contributed by atoms with van der Waals surface area (Å²) < 4.78 is 12.2.